The Bertz CT molecular complexity index is 547. The third-order valence-corrected chi connectivity index (χ3v) is 4.31. The Morgan fingerprint density at radius 1 is 1.47 bits per heavy atom. The molecule has 102 valence electrons. The van der Waals surface area contributed by atoms with Gasteiger partial charge in [-0.2, -0.15) is 5.10 Å². The highest BCUT2D eigenvalue weighted by molar-refractivity contribution is 5.87. The molecule has 2 atom stereocenters. The van der Waals surface area contributed by atoms with Crippen LogP contribution in [0.1, 0.15) is 30.5 Å². The Hall–Kier alpha value is -1.78. The van der Waals surface area contributed by atoms with E-state index in [0.29, 0.717) is 6.04 Å². The van der Waals surface area contributed by atoms with Gasteiger partial charge in [-0.1, -0.05) is 0 Å². The summed E-state index contributed by atoms with van der Waals surface area (Å²) in [6.45, 7) is 3.01. The second-order valence-corrected chi connectivity index (χ2v) is 5.60. The van der Waals surface area contributed by atoms with Gasteiger partial charge in [0, 0.05) is 31.3 Å². The minimum atomic E-state index is -0.919. The maximum absolute atomic E-state index is 10.7. The maximum Gasteiger partial charge on any atom is 0.328 e. The van der Waals surface area contributed by atoms with Crippen LogP contribution in [0.15, 0.2) is 6.08 Å². The van der Waals surface area contributed by atoms with Gasteiger partial charge in [-0.3, -0.25) is 4.68 Å². The number of aromatic nitrogens is 2. The first kappa shape index (κ1) is 12.3. The molecule has 1 aliphatic carbocycles. The Kier molecular flexibility index (Phi) is 2.84. The van der Waals surface area contributed by atoms with Crippen molar-refractivity contribution in [3.8, 4) is 0 Å². The molecule has 1 aromatic heterocycles. The van der Waals surface area contributed by atoms with Crippen LogP contribution in [0.25, 0.3) is 6.08 Å². The molecule has 5 heteroatoms. The van der Waals surface area contributed by atoms with Crippen molar-refractivity contribution in [3.63, 3.8) is 0 Å². The van der Waals surface area contributed by atoms with Crippen molar-refractivity contribution in [1.82, 2.24) is 9.78 Å². The van der Waals surface area contributed by atoms with E-state index >= 15 is 0 Å². The number of nitrogens with zero attached hydrogens (tertiary/aromatic N) is 3. The Balaban J connectivity index is 1.98. The predicted octanol–water partition coefficient (Wildman–Crippen LogP) is 1.82. The van der Waals surface area contributed by atoms with Crippen molar-refractivity contribution < 1.29 is 9.90 Å². The average Bonchev–Trinajstić information content (AvgIpc) is 3.00. The number of carbonyl (C=O) groups is 1. The smallest absolute Gasteiger partial charge is 0.328 e. The van der Waals surface area contributed by atoms with Crippen LogP contribution in [-0.2, 0) is 11.8 Å². The predicted molar refractivity (Wildman–Crippen MR) is 73.1 cm³/mol. The van der Waals surface area contributed by atoms with Crippen LogP contribution in [0.5, 0.6) is 0 Å². The summed E-state index contributed by atoms with van der Waals surface area (Å²) in [7, 11) is 1.94. The number of aliphatic carboxylic acids is 1. The second-order valence-electron chi connectivity index (χ2n) is 5.60. The lowest BCUT2D eigenvalue weighted by molar-refractivity contribution is -0.131. The Morgan fingerprint density at radius 2 is 2.26 bits per heavy atom. The van der Waals surface area contributed by atoms with Crippen LogP contribution in [0, 0.1) is 12.8 Å². The number of fused-ring (bicyclic) bond motifs is 2. The van der Waals surface area contributed by atoms with Gasteiger partial charge in [0.1, 0.15) is 5.82 Å². The Labute approximate surface area is 112 Å². The number of carboxylic acid groups (broad SMARTS) is 1. The van der Waals surface area contributed by atoms with E-state index in [9.17, 15) is 4.79 Å². The number of hydrogen-bond donors (Lipinski definition) is 1. The highest BCUT2D eigenvalue weighted by Gasteiger charge is 2.39. The zero-order valence-electron chi connectivity index (χ0n) is 11.3. The molecule has 0 spiro atoms. The molecule has 2 bridgehead atoms. The lowest BCUT2D eigenvalue weighted by Crippen LogP contribution is -2.33. The molecule has 0 aromatic carbocycles. The van der Waals surface area contributed by atoms with Crippen LogP contribution in [0.3, 0.4) is 0 Å². The fourth-order valence-electron chi connectivity index (χ4n) is 3.54. The van der Waals surface area contributed by atoms with E-state index in [1.54, 1.807) is 6.08 Å². The minimum Gasteiger partial charge on any atom is -0.478 e. The fourth-order valence-corrected chi connectivity index (χ4v) is 3.54. The standard InChI is InChI=1S/C14H19N3O2/c1-9-12(5-6-13(18)19)14(16(2)15-9)17-8-10-3-4-11(17)7-10/h5-6,10-11H,3-4,7-8H2,1-2H3,(H,18,19). The summed E-state index contributed by atoms with van der Waals surface area (Å²) in [6.07, 6.45) is 6.72. The number of carboxylic acids is 1. The molecule has 1 saturated heterocycles. The van der Waals surface area contributed by atoms with Gasteiger partial charge in [-0.05, 0) is 38.2 Å². The van der Waals surface area contributed by atoms with Gasteiger partial charge < -0.3 is 10.0 Å². The number of aryl methyl sites for hydroxylation is 2. The SMILES string of the molecule is Cc1nn(C)c(N2CC3CCC2C3)c1C=CC(=O)O. The highest BCUT2D eigenvalue weighted by Crippen LogP contribution is 2.41. The van der Waals surface area contributed by atoms with Crippen LogP contribution in [0.2, 0.25) is 0 Å². The van der Waals surface area contributed by atoms with Crippen LogP contribution in [-0.4, -0.2) is 33.4 Å². The van der Waals surface area contributed by atoms with Crippen molar-refractivity contribution in [2.75, 3.05) is 11.4 Å². The summed E-state index contributed by atoms with van der Waals surface area (Å²) in [6, 6.07) is 0.608. The molecule has 1 N–H and O–H groups in total. The molecule has 5 nitrogen and oxygen atoms in total. The molecule has 0 radical (unpaired) electrons. The van der Waals surface area contributed by atoms with Crippen molar-refractivity contribution >= 4 is 17.9 Å². The van der Waals surface area contributed by atoms with Gasteiger partial charge in [-0.25, -0.2) is 4.79 Å². The zero-order valence-corrected chi connectivity index (χ0v) is 11.3. The van der Waals surface area contributed by atoms with E-state index in [4.69, 9.17) is 5.11 Å². The van der Waals surface area contributed by atoms with Crippen molar-refractivity contribution in [3.05, 3.63) is 17.3 Å². The van der Waals surface area contributed by atoms with E-state index in [2.05, 4.69) is 10.00 Å². The first-order valence-corrected chi connectivity index (χ1v) is 6.77. The number of hydrogen-bond acceptors (Lipinski definition) is 3. The summed E-state index contributed by atoms with van der Waals surface area (Å²) in [4.78, 5) is 13.1. The van der Waals surface area contributed by atoms with E-state index in [0.717, 1.165) is 29.5 Å². The lowest BCUT2D eigenvalue weighted by Gasteiger charge is -2.29. The van der Waals surface area contributed by atoms with Crippen LogP contribution >= 0.6 is 0 Å². The number of anilines is 1. The average molecular weight is 261 g/mol. The summed E-state index contributed by atoms with van der Waals surface area (Å²) < 4.78 is 1.89. The molecular formula is C14H19N3O2. The van der Waals surface area contributed by atoms with Gasteiger partial charge in [0.15, 0.2) is 0 Å². The lowest BCUT2D eigenvalue weighted by atomic mass is 10.1. The summed E-state index contributed by atoms with van der Waals surface area (Å²) in [5, 5.41) is 13.3. The first-order chi connectivity index (χ1) is 9.06. The number of rotatable bonds is 3. The molecule has 2 heterocycles. The molecule has 19 heavy (non-hydrogen) atoms. The second kappa shape index (κ2) is 4.40. The van der Waals surface area contributed by atoms with E-state index in [1.807, 2.05) is 18.7 Å². The van der Waals surface area contributed by atoms with Gasteiger partial charge in [0.25, 0.3) is 0 Å². The molecule has 0 amide bonds. The third-order valence-electron chi connectivity index (χ3n) is 4.31. The van der Waals surface area contributed by atoms with Crippen LogP contribution in [0.4, 0.5) is 5.82 Å². The Morgan fingerprint density at radius 3 is 2.84 bits per heavy atom. The molecular weight excluding hydrogens is 242 g/mol. The third kappa shape index (κ3) is 2.03. The van der Waals surface area contributed by atoms with Gasteiger partial charge in [-0.15, -0.1) is 0 Å². The normalized spacial score (nSPS) is 25.7. The van der Waals surface area contributed by atoms with Crippen molar-refractivity contribution in [1.29, 1.82) is 0 Å². The first-order valence-electron chi connectivity index (χ1n) is 6.77. The summed E-state index contributed by atoms with van der Waals surface area (Å²) in [5.74, 6) is 0.954. The quantitative estimate of drug-likeness (QED) is 0.843. The molecule has 2 fully saturated rings. The zero-order chi connectivity index (χ0) is 13.6. The van der Waals surface area contributed by atoms with E-state index in [1.165, 1.54) is 25.3 Å². The van der Waals surface area contributed by atoms with Gasteiger partial charge in [0.2, 0.25) is 0 Å². The highest BCUT2D eigenvalue weighted by atomic mass is 16.4. The molecule has 1 aromatic rings. The largest absolute Gasteiger partial charge is 0.478 e. The summed E-state index contributed by atoms with van der Waals surface area (Å²) in [5.41, 5.74) is 1.83. The molecule has 2 unspecified atom stereocenters. The molecule has 1 aliphatic heterocycles. The van der Waals surface area contributed by atoms with Gasteiger partial charge >= 0.3 is 5.97 Å². The maximum atomic E-state index is 10.7. The van der Waals surface area contributed by atoms with Crippen molar-refractivity contribution in [2.24, 2.45) is 13.0 Å². The van der Waals surface area contributed by atoms with E-state index < -0.39 is 5.97 Å². The molecule has 1 saturated carbocycles. The fraction of sp³-hybridized carbons (Fsp3) is 0.571. The van der Waals surface area contributed by atoms with E-state index in [-0.39, 0.29) is 0 Å². The van der Waals surface area contributed by atoms with Crippen molar-refractivity contribution in [2.45, 2.75) is 32.2 Å². The van der Waals surface area contributed by atoms with Gasteiger partial charge in [0.05, 0.1) is 5.69 Å². The monoisotopic (exact) mass is 261 g/mol. The minimum absolute atomic E-state index is 0.608. The molecule has 3 rings (SSSR count). The van der Waals surface area contributed by atoms with Crippen LogP contribution < -0.4 is 4.90 Å². The topological polar surface area (TPSA) is 58.4 Å². The molecule has 2 aliphatic rings. The summed E-state index contributed by atoms with van der Waals surface area (Å²) >= 11 is 0. The number of piperidine rings is 1.